The highest BCUT2D eigenvalue weighted by Gasteiger charge is 2.07. The summed E-state index contributed by atoms with van der Waals surface area (Å²) in [5.74, 6) is -0.176. The standard InChI is InChI=1S/C11H10BrN3O/c1-7-2-3-9(4-10(7)12)15-11(16)8-5-13-14-6-8/h2-6H,1H3,(H,13,14)(H,15,16). The fraction of sp³-hybridized carbons (Fsp3) is 0.0909. The van der Waals surface area contributed by atoms with Crippen LogP contribution in [0.2, 0.25) is 0 Å². The molecule has 16 heavy (non-hydrogen) atoms. The molecule has 0 saturated heterocycles. The Morgan fingerprint density at radius 1 is 1.50 bits per heavy atom. The summed E-state index contributed by atoms with van der Waals surface area (Å²) in [6.45, 7) is 1.99. The van der Waals surface area contributed by atoms with Gasteiger partial charge in [-0.3, -0.25) is 9.89 Å². The summed E-state index contributed by atoms with van der Waals surface area (Å²) in [5, 5.41) is 9.10. The van der Waals surface area contributed by atoms with Crippen LogP contribution in [-0.2, 0) is 0 Å². The molecule has 0 fully saturated rings. The van der Waals surface area contributed by atoms with Crippen molar-refractivity contribution >= 4 is 27.5 Å². The first-order valence-corrected chi connectivity index (χ1v) is 5.52. The zero-order valence-electron chi connectivity index (χ0n) is 8.62. The number of hydrogen-bond donors (Lipinski definition) is 2. The number of hydrogen-bond acceptors (Lipinski definition) is 2. The number of halogens is 1. The first kappa shape index (κ1) is 10.9. The maximum Gasteiger partial charge on any atom is 0.258 e. The molecule has 0 bridgehead atoms. The Morgan fingerprint density at radius 2 is 2.31 bits per heavy atom. The van der Waals surface area contributed by atoms with E-state index < -0.39 is 0 Å². The third-order valence-electron chi connectivity index (χ3n) is 2.19. The molecule has 0 unspecified atom stereocenters. The molecule has 1 amide bonds. The number of rotatable bonds is 2. The molecule has 82 valence electrons. The molecule has 1 heterocycles. The van der Waals surface area contributed by atoms with Crippen LogP contribution in [-0.4, -0.2) is 16.1 Å². The second-order valence-corrected chi connectivity index (χ2v) is 4.26. The van der Waals surface area contributed by atoms with Gasteiger partial charge in [0.2, 0.25) is 0 Å². The van der Waals surface area contributed by atoms with Gasteiger partial charge in [-0.15, -0.1) is 0 Å². The number of benzene rings is 1. The average Bonchev–Trinajstić information content (AvgIpc) is 2.77. The second-order valence-electron chi connectivity index (χ2n) is 3.41. The predicted octanol–water partition coefficient (Wildman–Crippen LogP) is 2.73. The number of H-pyrrole nitrogens is 1. The van der Waals surface area contributed by atoms with Crippen LogP contribution >= 0.6 is 15.9 Å². The summed E-state index contributed by atoms with van der Waals surface area (Å²) in [6.07, 6.45) is 3.04. The van der Waals surface area contributed by atoms with Gasteiger partial charge in [0.25, 0.3) is 5.91 Å². The van der Waals surface area contributed by atoms with E-state index in [1.807, 2.05) is 25.1 Å². The fourth-order valence-corrected chi connectivity index (χ4v) is 1.63. The molecule has 0 aliphatic heterocycles. The highest BCUT2D eigenvalue weighted by molar-refractivity contribution is 9.10. The monoisotopic (exact) mass is 279 g/mol. The molecule has 1 aromatic carbocycles. The summed E-state index contributed by atoms with van der Waals surface area (Å²) in [7, 11) is 0. The largest absolute Gasteiger partial charge is 0.322 e. The molecule has 0 saturated carbocycles. The summed E-state index contributed by atoms with van der Waals surface area (Å²) in [4.78, 5) is 11.7. The Hall–Kier alpha value is -1.62. The van der Waals surface area contributed by atoms with Crippen molar-refractivity contribution in [3.05, 3.63) is 46.2 Å². The highest BCUT2D eigenvalue weighted by Crippen LogP contribution is 2.20. The zero-order valence-corrected chi connectivity index (χ0v) is 10.2. The number of anilines is 1. The van der Waals surface area contributed by atoms with E-state index in [9.17, 15) is 4.79 Å². The van der Waals surface area contributed by atoms with Gasteiger partial charge < -0.3 is 5.32 Å². The number of nitrogens with zero attached hydrogens (tertiary/aromatic N) is 1. The smallest absolute Gasteiger partial charge is 0.258 e. The van der Waals surface area contributed by atoms with E-state index >= 15 is 0 Å². The maximum atomic E-state index is 11.7. The lowest BCUT2D eigenvalue weighted by atomic mass is 10.2. The minimum absolute atomic E-state index is 0.176. The fourth-order valence-electron chi connectivity index (χ4n) is 1.25. The average molecular weight is 280 g/mol. The molecule has 0 atom stereocenters. The maximum absolute atomic E-state index is 11.7. The van der Waals surface area contributed by atoms with Gasteiger partial charge >= 0.3 is 0 Å². The van der Waals surface area contributed by atoms with Gasteiger partial charge in [-0.05, 0) is 24.6 Å². The molecule has 5 heteroatoms. The van der Waals surface area contributed by atoms with Crippen molar-refractivity contribution in [3.63, 3.8) is 0 Å². The third-order valence-corrected chi connectivity index (χ3v) is 3.04. The normalized spacial score (nSPS) is 10.1. The molecule has 2 rings (SSSR count). The molecular formula is C11H10BrN3O. The molecule has 0 aliphatic rings. The van der Waals surface area contributed by atoms with Crippen molar-refractivity contribution in [3.8, 4) is 0 Å². The zero-order chi connectivity index (χ0) is 11.5. The minimum Gasteiger partial charge on any atom is -0.322 e. The van der Waals surface area contributed by atoms with Gasteiger partial charge in [-0.2, -0.15) is 5.10 Å². The Kier molecular flexibility index (Phi) is 3.05. The van der Waals surface area contributed by atoms with E-state index in [2.05, 4.69) is 31.4 Å². The van der Waals surface area contributed by atoms with Crippen LogP contribution in [0.1, 0.15) is 15.9 Å². The Balaban J connectivity index is 2.15. The molecule has 0 spiro atoms. The number of carbonyl (C=O) groups is 1. The lowest BCUT2D eigenvalue weighted by Gasteiger charge is -2.05. The SMILES string of the molecule is Cc1ccc(NC(=O)c2cn[nH]c2)cc1Br. The second kappa shape index (κ2) is 4.49. The molecular weight excluding hydrogens is 270 g/mol. The van der Waals surface area contributed by atoms with Crippen LogP contribution in [0.3, 0.4) is 0 Å². The van der Waals surface area contributed by atoms with Crippen molar-refractivity contribution in [1.82, 2.24) is 10.2 Å². The van der Waals surface area contributed by atoms with Gasteiger partial charge in [0.05, 0.1) is 11.8 Å². The van der Waals surface area contributed by atoms with Crippen LogP contribution in [0.25, 0.3) is 0 Å². The Bertz CT molecular complexity index is 508. The quantitative estimate of drug-likeness (QED) is 0.888. The number of aromatic amines is 1. The molecule has 4 nitrogen and oxygen atoms in total. The van der Waals surface area contributed by atoms with E-state index in [-0.39, 0.29) is 5.91 Å². The number of amides is 1. The van der Waals surface area contributed by atoms with Crippen molar-refractivity contribution < 1.29 is 4.79 Å². The van der Waals surface area contributed by atoms with E-state index in [0.717, 1.165) is 15.7 Å². The Labute approximate surface area is 101 Å². The molecule has 0 aliphatic carbocycles. The van der Waals surface area contributed by atoms with Gasteiger partial charge in [0.15, 0.2) is 0 Å². The lowest BCUT2D eigenvalue weighted by molar-refractivity contribution is 0.102. The summed E-state index contributed by atoms with van der Waals surface area (Å²) >= 11 is 3.41. The minimum atomic E-state index is -0.176. The molecule has 1 aromatic heterocycles. The summed E-state index contributed by atoms with van der Waals surface area (Å²) < 4.78 is 0.970. The predicted molar refractivity (Wildman–Crippen MR) is 65.4 cm³/mol. The third kappa shape index (κ3) is 2.30. The van der Waals surface area contributed by atoms with Crippen molar-refractivity contribution in [1.29, 1.82) is 0 Å². The topological polar surface area (TPSA) is 57.8 Å². The number of aryl methyl sites for hydroxylation is 1. The van der Waals surface area contributed by atoms with Gasteiger partial charge in [0, 0.05) is 16.4 Å². The first-order chi connectivity index (χ1) is 7.66. The van der Waals surface area contributed by atoms with Crippen LogP contribution in [0, 0.1) is 6.92 Å². The lowest BCUT2D eigenvalue weighted by Crippen LogP contribution is -2.10. The number of carbonyl (C=O) groups excluding carboxylic acids is 1. The number of aromatic nitrogens is 2. The van der Waals surface area contributed by atoms with E-state index in [1.54, 1.807) is 6.20 Å². The molecule has 0 radical (unpaired) electrons. The van der Waals surface area contributed by atoms with Gasteiger partial charge in [-0.1, -0.05) is 22.0 Å². The van der Waals surface area contributed by atoms with Crippen LogP contribution < -0.4 is 5.32 Å². The van der Waals surface area contributed by atoms with Gasteiger partial charge in [0.1, 0.15) is 0 Å². The molecule has 2 aromatic rings. The van der Waals surface area contributed by atoms with Crippen LogP contribution in [0.5, 0.6) is 0 Å². The Morgan fingerprint density at radius 3 is 2.94 bits per heavy atom. The van der Waals surface area contributed by atoms with Crippen molar-refractivity contribution in [2.24, 2.45) is 0 Å². The molecule has 2 N–H and O–H groups in total. The highest BCUT2D eigenvalue weighted by atomic mass is 79.9. The first-order valence-electron chi connectivity index (χ1n) is 4.73. The van der Waals surface area contributed by atoms with E-state index in [0.29, 0.717) is 5.56 Å². The number of nitrogens with one attached hydrogen (secondary N) is 2. The van der Waals surface area contributed by atoms with Crippen molar-refractivity contribution in [2.45, 2.75) is 6.92 Å². The summed E-state index contributed by atoms with van der Waals surface area (Å²) in [5.41, 5.74) is 2.39. The van der Waals surface area contributed by atoms with E-state index in [1.165, 1.54) is 6.20 Å². The van der Waals surface area contributed by atoms with Gasteiger partial charge in [-0.25, -0.2) is 0 Å². The van der Waals surface area contributed by atoms with Crippen LogP contribution in [0.4, 0.5) is 5.69 Å². The summed E-state index contributed by atoms with van der Waals surface area (Å²) in [6, 6.07) is 5.67. The van der Waals surface area contributed by atoms with E-state index in [4.69, 9.17) is 0 Å². The van der Waals surface area contributed by atoms with Crippen molar-refractivity contribution in [2.75, 3.05) is 5.32 Å². The van der Waals surface area contributed by atoms with Crippen LogP contribution in [0.15, 0.2) is 35.1 Å².